The summed E-state index contributed by atoms with van der Waals surface area (Å²) < 4.78 is 27.3. The monoisotopic (exact) mass is 553 g/mol. The molecule has 1 heterocycles. The Balaban J connectivity index is 1.81. The maximum absolute atomic E-state index is 13.2. The second kappa shape index (κ2) is 12.3. The van der Waals surface area contributed by atoms with Crippen LogP contribution in [0.5, 0.6) is 23.0 Å². The van der Waals surface area contributed by atoms with Crippen molar-refractivity contribution in [3.05, 3.63) is 59.2 Å². The maximum atomic E-state index is 13.2. The number of hydrogen-bond donors (Lipinski definition) is 2. The van der Waals surface area contributed by atoms with Gasteiger partial charge in [0.05, 0.1) is 32.0 Å². The molecule has 0 saturated heterocycles. The molecule has 214 valence electrons. The van der Waals surface area contributed by atoms with Crippen LogP contribution in [0, 0.1) is 0 Å². The molecule has 1 amide bonds. The molecule has 2 aromatic carbocycles. The van der Waals surface area contributed by atoms with Crippen LogP contribution in [0.25, 0.3) is 12.2 Å². The second-order valence-electron chi connectivity index (χ2n) is 10.5. The molecule has 1 aliphatic heterocycles. The van der Waals surface area contributed by atoms with E-state index in [1.807, 2.05) is 26.0 Å². The highest BCUT2D eigenvalue weighted by atomic mass is 16.6. The van der Waals surface area contributed by atoms with Crippen molar-refractivity contribution >= 4 is 30.0 Å². The molecule has 0 aromatic heterocycles. The van der Waals surface area contributed by atoms with E-state index in [1.54, 1.807) is 58.2 Å². The number of aliphatic hydroxyl groups excluding tert-OH is 1. The first-order valence-electron chi connectivity index (χ1n) is 12.6. The number of alkyl carbamates (subject to hydrolysis) is 1. The van der Waals surface area contributed by atoms with Crippen molar-refractivity contribution in [2.75, 3.05) is 20.8 Å². The van der Waals surface area contributed by atoms with Crippen molar-refractivity contribution in [1.29, 1.82) is 0 Å². The predicted molar refractivity (Wildman–Crippen MR) is 149 cm³/mol. The maximum Gasteiger partial charge on any atom is 0.408 e. The largest absolute Gasteiger partial charge is 0.496 e. The van der Waals surface area contributed by atoms with Crippen molar-refractivity contribution in [3.8, 4) is 23.0 Å². The van der Waals surface area contributed by atoms with E-state index in [0.29, 0.717) is 28.2 Å². The van der Waals surface area contributed by atoms with Crippen LogP contribution < -0.4 is 24.3 Å². The lowest BCUT2D eigenvalue weighted by Crippen LogP contribution is -2.47. The third-order valence-electron chi connectivity index (χ3n) is 5.64. The highest BCUT2D eigenvalue weighted by Crippen LogP contribution is 2.40. The normalized spacial score (nSPS) is 14.5. The Labute approximate surface area is 233 Å². The fourth-order valence-corrected chi connectivity index (χ4v) is 3.75. The number of ketones is 1. The zero-order valence-electron chi connectivity index (χ0n) is 23.7. The number of rotatable bonds is 9. The van der Waals surface area contributed by atoms with Crippen LogP contribution in [-0.4, -0.2) is 61.0 Å². The molecule has 0 aliphatic carbocycles. The van der Waals surface area contributed by atoms with E-state index in [9.17, 15) is 19.5 Å². The zero-order chi connectivity index (χ0) is 29.7. The summed E-state index contributed by atoms with van der Waals surface area (Å²) in [5.41, 5.74) is 0.180. The first-order valence-corrected chi connectivity index (χ1v) is 12.6. The Kier molecular flexibility index (Phi) is 9.26. The summed E-state index contributed by atoms with van der Waals surface area (Å²) in [6, 6.07) is 6.71. The van der Waals surface area contributed by atoms with Crippen LogP contribution in [0.15, 0.2) is 42.5 Å². The minimum absolute atomic E-state index is 0.0311. The lowest BCUT2D eigenvalue weighted by Gasteiger charge is -2.29. The number of aliphatic hydroxyl groups is 1. The highest BCUT2D eigenvalue weighted by Gasteiger charge is 2.28. The number of allylic oxidation sites excluding steroid dienone is 1. The molecule has 0 bridgehead atoms. The Morgan fingerprint density at radius 1 is 1.05 bits per heavy atom. The summed E-state index contributed by atoms with van der Waals surface area (Å²) in [4.78, 5) is 38.0. The second-order valence-corrected chi connectivity index (χ2v) is 10.5. The fourth-order valence-electron chi connectivity index (χ4n) is 3.75. The van der Waals surface area contributed by atoms with Crippen molar-refractivity contribution in [1.82, 2.24) is 5.32 Å². The summed E-state index contributed by atoms with van der Waals surface area (Å²) in [6.45, 7) is 8.07. The third kappa shape index (κ3) is 7.63. The van der Waals surface area contributed by atoms with Gasteiger partial charge in [0.15, 0.2) is 23.3 Å². The number of carbonyl (C=O) groups excluding carboxylic acids is 3. The third-order valence-corrected chi connectivity index (χ3v) is 5.64. The van der Waals surface area contributed by atoms with Crippen molar-refractivity contribution in [2.24, 2.45) is 0 Å². The van der Waals surface area contributed by atoms with E-state index in [0.717, 1.165) is 0 Å². The smallest absolute Gasteiger partial charge is 0.408 e. The average molecular weight is 554 g/mol. The number of fused-ring (bicyclic) bond motifs is 1. The molecule has 2 aromatic rings. The number of amides is 1. The number of carbonyl (C=O) groups is 3. The van der Waals surface area contributed by atoms with E-state index in [2.05, 4.69) is 5.32 Å². The summed E-state index contributed by atoms with van der Waals surface area (Å²) in [5.74, 6) is 0.0495. The molecule has 0 saturated carbocycles. The Bertz CT molecular complexity index is 1340. The fraction of sp³-hybridized carbons (Fsp3) is 0.367. The van der Waals surface area contributed by atoms with E-state index >= 15 is 0 Å². The first-order chi connectivity index (χ1) is 18.8. The molecule has 40 heavy (non-hydrogen) atoms. The van der Waals surface area contributed by atoms with Gasteiger partial charge in [-0.15, -0.1) is 0 Å². The lowest BCUT2D eigenvalue weighted by atomic mass is 9.97. The van der Waals surface area contributed by atoms with Gasteiger partial charge in [-0.2, -0.15) is 0 Å². The number of hydrogen-bond acceptors (Lipinski definition) is 9. The van der Waals surface area contributed by atoms with Crippen LogP contribution in [0.4, 0.5) is 4.79 Å². The van der Waals surface area contributed by atoms with Gasteiger partial charge >= 0.3 is 12.1 Å². The molecule has 2 N–H and O–H groups in total. The Morgan fingerprint density at radius 2 is 1.73 bits per heavy atom. The van der Waals surface area contributed by atoms with E-state index in [1.165, 1.54) is 19.3 Å². The van der Waals surface area contributed by atoms with Crippen LogP contribution >= 0.6 is 0 Å². The minimum Gasteiger partial charge on any atom is -0.496 e. The van der Waals surface area contributed by atoms with E-state index in [4.69, 9.17) is 23.7 Å². The zero-order valence-corrected chi connectivity index (χ0v) is 23.7. The van der Waals surface area contributed by atoms with Crippen molar-refractivity contribution < 1.29 is 43.2 Å². The van der Waals surface area contributed by atoms with Gasteiger partial charge in [-0.25, -0.2) is 9.59 Å². The molecular weight excluding hydrogens is 518 g/mol. The number of ether oxygens (including phenoxy) is 5. The number of methoxy groups -OCH3 is 2. The van der Waals surface area contributed by atoms with Gasteiger partial charge in [0, 0.05) is 0 Å². The summed E-state index contributed by atoms with van der Waals surface area (Å²) in [5, 5.41) is 11.9. The average Bonchev–Trinajstić information content (AvgIpc) is 2.88. The first kappa shape index (κ1) is 30.2. The Hall–Kier alpha value is -4.31. The molecule has 3 rings (SSSR count). The molecule has 0 radical (unpaired) electrons. The molecule has 1 aliphatic rings. The van der Waals surface area contributed by atoms with Gasteiger partial charge in [-0.05, 0) is 82.7 Å². The van der Waals surface area contributed by atoms with Gasteiger partial charge < -0.3 is 34.1 Å². The van der Waals surface area contributed by atoms with Crippen LogP contribution in [-0.2, 0) is 9.53 Å². The van der Waals surface area contributed by atoms with Gasteiger partial charge in [-0.3, -0.25) is 4.79 Å². The van der Waals surface area contributed by atoms with Crippen molar-refractivity contribution in [3.63, 3.8) is 0 Å². The van der Waals surface area contributed by atoms with Crippen LogP contribution in [0.2, 0.25) is 0 Å². The summed E-state index contributed by atoms with van der Waals surface area (Å²) in [6.07, 6.45) is 5.83. The SMILES string of the molecule is COc1ccc(/C=C/C(=O)c2ccc(OC)c3c2OC(C)(C)C=C3)cc1OC(=O)C(CO)NC(=O)OC(C)(C)C. The number of nitrogens with one attached hydrogen (secondary N) is 1. The van der Waals surface area contributed by atoms with Gasteiger partial charge in [0.25, 0.3) is 0 Å². The van der Waals surface area contributed by atoms with Crippen LogP contribution in [0.3, 0.4) is 0 Å². The molecule has 10 nitrogen and oxygen atoms in total. The van der Waals surface area contributed by atoms with Gasteiger partial charge in [-0.1, -0.05) is 12.1 Å². The molecule has 1 unspecified atom stereocenters. The predicted octanol–water partition coefficient (Wildman–Crippen LogP) is 4.58. The quantitative estimate of drug-likeness (QED) is 0.198. The molecule has 1 atom stereocenters. The van der Waals surface area contributed by atoms with Crippen LogP contribution in [0.1, 0.15) is 56.1 Å². The standard InChI is InChI=1S/C30H35NO9/c1-29(2,3)40-28(35)31-21(17-32)27(34)38-25-16-18(9-12-24(25)37-7)8-11-22(33)19-10-13-23(36-6)20-14-15-30(4,5)39-26(19)20/h8-16,21,32H,17H2,1-7H3,(H,31,35)/b11-8+. The highest BCUT2D eigenvalue weighted by molar-refractivity contribution is 6.09. The molecule has 0 spiro atoms. The minimum atomic E-state index is -1.38. The summed E-state index contributed by atoms with van der Waals surface area (Å²) in [7, 11) is 2.95. The van der Waals surface area contributed by atoms with E-state index in [-0.39, 0.29) is 17.3 Å². The van der Waals surface area contributed by atoms with Gasteiger partial charge in [0.1, 0.15) is 22.7 Å². The number of benzene rings is 2. The topological polar surface area (TPSA) is 130 Å². The lowest BCUT2D eigenvalue weighted by molar-refractivity contribution is -0.137. The Morgan fingerprint density at radius 3 is 2.35 bits per heavy atom. The van der Waals surface area contributed by atoms with E-state index < -0.39 is 35.9 Å². The number of esters is 1. The molecule has 10 heteroatoms. The van der Waals surface area contributed by atoms with Gasteiger partial charge in [0.2, 0.25) is 0 Å². The molecular formula is C30H35NO9. The summed E-state index contributed by atoms with van der Waals surface area (Å²) >= 11 is 0. The van der Waals surface area contributed by atoms with Crippen molar-refractivity contribution in [2.45, 2.75) is 51.9 Å². The molecule has 0 fully saturated rings.